The maximum Gasteiger partial charge on any atom is 0.251 e. The van der Waals surface area contributed by atoms with Crippen LogP contribution in [-0.2, 0) is 14.8 Å². The van der Waals surface area contributed by atoms with Gasteiger partial charge in [0.1, 0.15) is 11.0 Å². The van der Waals surface area contributed by atoms with Gasteiger partial charge in [-0.3, -0.25) is 4.79 Å². The van der Waals surface area contributed by atoms with Crippen LogP contribution in [0.25, 0.3) is 11.0 Å². The average molecular weight is 353 g/mol. The molecule has 2 heterocycles. The Hall–Kier alpha value is -2.04. The van der Waals surface area contributed by atoms with Crippen molar-refractivity contribution in [2.45, 2.75) is 6.04 Å². The molecule has 1 aromatic carbocycles. The Morgan fingerprint density at radius 1 is 1.33 bits per heavy atom. The van der Waals surface area contributed by atoms with Gasteiger partial charge in [0.15, 0.2) is 0 Å². The van der Waals surface area contributed by atoms with Crippen LogP contribution in [0.15, 0.2) is 18.2 Å². The molecule has 130 valence electrons. The van der Waals surface area contributed by atoms with Gasteiger partial charge < -0.3 is 10.1 Å². The minimum atomic E-state index is -3.36. The highest BCUT2D eigenvalue weighted by Gasteiger charge is 2.34. The van der Waals surface area contributed by atoms with Crippen molar-refractivity contribution in [3.05, 3.63) is 23.8 Å². The largest absolute Gasteiger partial charge is 0.379 e. The third-order valence-corrected chi connectivity index (χ3v) is 6.04. The van der Waals surface area contributed by atoms with E-state index >= 15 is 0 Å². The number of rotatable bonds is 5. The molecule has 0 unspecified atom stereocenters. The molecule has 0 aliphatic carbocycles. The van der Waals surface area contributed by atoms with Crippen molar-refractivity contribution >= 4 is 27.0 Å². The number of H-pyrrole nitrogens is 1. The van der Waals surface area contributed by atoms with Crippen molar-refractivity contribution < 1.29 is 17.9 Å². The van der Waals surface area contributed by atoms with E-state index in [1.807, 2.05) is 0 Å². The van der Waals surface area contributed by atoms with Crippen LogP contribution < -0.4 is 5.32 Å². The summed E-state index contributed by atoms with van der Waals surface area (Å²) in [4.78, 5) is 12.4. The molecule has 0 spiro atoms. The van der Waals surface area contributed by atoms with Gasteiger partial charge in [0.2, 0.25) is 10.0 Å². The van der Waals surface area contributed by atoms with Crippen LogP contribution in [0, 0.1) is 5.92 Å². The molecule has 0 radical (unpaired) electrons. The number of ether oxygens (including phenoxy) is 1. The molecule has 1 aliphatic rings. The fraction of sp³-hybridized carbons (Fsp3) is 0.500. The summed E-state index contributed by atoms with van der Waals surface area (Å²) in [7, 11) is -0.373. The van der Waals surface area contributed by atoms with E-state index in [9.17, 15) is 13.2 Å². The van der Waals surface area contributed by atoms with Gasteiger partial charge in [-0.1, -0.05) is 0 Å². The first kappa shape index (κ1) is 16.8. The molecule has 2 aromatic rings. The fourth-order valence-electron chi connectivity index (χ4n) is 2.58. The number of hydrogen-bond acceptors (Lipinski definition) is 6. The average Bonchev–Trinajstić information content (AvgIpc) is 3.15. The molecule has 24 heavy (non-hydrogen) atoms. The summed E-state index contributed by atoms with van der Waals surface area (Å²) in [6, 6.07) is 4.64. The molecule has 0 saturated carbocycles. The Morgan fingerprint density at radius 2 is 2.08 bits per heavy atom. The second-order valence-corrected chi connectivity index (χ2v) is 8.19. The van der Waals surface area contributed by atoms with Crippen molar-refractivity contribution in [3.8, 4) is 0 Å². The van der Waals surface area contributed by atoms with Gasteiger partial charge in [-0.25, -0.2) is 12.7 Å². The molecular weight excluding hydrogens is 334 g/mol. The van der Waals surface area contributed by atoms with Crippen molar-refractivity contribution in [3.63, 3.8) is 0 Å². The first-order chi connectivity index (χ1) is 11.4. The molecule has 1 saturated heterocycles. The summed E-state index contributed by atoms with van der Waals surface area (Å²) in [5.41, 5.74) is 1.71. The Morgan fingerprint density at radius 3 is 2.83 bits per heavy atom. The lowest BCUT2D eigenvalue weighted by Crippen LogP contribution is -2.43. The zero-order valence-electron chi connectivity index (χ0n) is 13.4. The molecule has 10 heteroatoms. The summed E-state index contributed by atoms with van der Waals surface area (Å²) < 4.78 is 30.6. The predicted molar refractivity (Wildman–Crippen MR) is 86.9 cm³/mol. The number of nitrogens with zero attached hydrogens (tertiary/aromatic N) is 3. The van der Waals surface area contributed by atoms with E-state index in [-0.39, 0.29) is 23.6 Å². The first-order valence-electron chi connectivity index (χ1n) is 7.46. The Labute approximate surface area is 139 Å². The van der Waals surface area contributed by atoms with Gasteiger partial charge >= 0.3 is 0 Å². The van der Waals surface area contributed by atoms with Crippen LogP contribution in [0.2, 0.25) is 0 Å². The van der Waals surface area contributed by atoms with Gasteiger partial charge in [0, 0.05) is 25.6 Å². The van der Waals surface area contributed by atoms with Gasteiger partial charge in [-0.05, 0) is 18.2 Å². The van der Waals surface area contributed by atoms with E-state index in [4.69, 9.17) is 4.74 Å². The summed E-state index contributed by atoms with van der Waals surface area (Å²) in [6.07, 6.45) is 0. The number of sulfonamides is 1. The number of amides is 1. The number of hydrogen-bond donors (Lipinski definition) is 2. The van der Waals surface area contributed by atoms with Gasteiger partial charge in [-0.2, -0.15) is 15.4 Å². The third-order valence-electron chi connectivity index (χ3n) is 4.07. The van der Waals surface area contributed by atoms with Crippen molar-refractivity contribution in [2.75, 3.05) is 33.1 Å². The maximum atomic E-state index is 12.4. The molecule has 3 rings (SSSR count). The normalized spacial score (nSPS) is 21.5. The maximum absolute atomic E-state index is 12.4. The van der Waals surface area contributed by atoms with Crippen LogP contribution in [-0.4, -0.2) is 73.1 Å². The number of fused-ring (bicyclic) bond motifs is 1. The Balaban J connectivity index is 1.70. The number of carbonyl (C=O) groups is 1. The SMILES string of the molecule is CN(C)S(=O)(=O)C[C@@H]1COC[C@H]1NC(=O)c1ccc2n[nH]nc2c1. The smallest absolute Gasteiger partial charge is 0.251 e. The third kappa shape index (κ3) is 3.40. The summed E-state index contributed by atoms with van der Waals surface area (Å²) in [6.45, 7) is 0.603. The lowest BCUT2D eigenvalue weighted by atomic mass is 10.1. The van der Waals surface area contributed by atoms with Gasteiger partial charge in [-0.15, -0.1) is 0 Å². The minimum Gasteiger partial charge on any atom is -0.379 e. The Kier molecular flexibility index (Phi) is 4.52. The highest BCUT2D eigenvalue weighted by molar-refractivity contribution is 7.89. The van der Waals surface area contributed by atoms with Gasteiger partial charge in [0.25, 0.3) is 5.91 Å². The quantitative estimate of drug-likeness (QED) is 0.755. The van der Waals surface area contributed by atoms with Crippen LogP contribution in [0.3, 0.4) is 0 Å². The number of carbonyl (C=O) groups excluding carboxylic acids is 1. The molecule has 1 aromatic heterocycles. The zero-order chi connectivity index (χ0) is 17.3. The van der Waals surface area contributed by atoms with Crippen LogP contribution in [0.1, 0.15) is 10.4 Å². The molecule has 2 N–H and O–H groups in total. The zero-order valence-corrected chi connectivity index (χ0v) is 14.2. The second-order valence-electron chi connectivity index (χ2n) is 5.97. The topological polar surface area (TPSA) is 117 Å². The van der Waals surface area contributed by atoms with Crippen molar-refractivity contribution in [1.29, 1.82) is 0 Å². The van der Waals surface area contributed by atoms with Crippen molar-refractivity contribution in [2.24, 2.45) is 5.92 Å². The molecule has 1 amide bonds. The number of nitrogens with one attached hydrogen (secondary N) is 2. The van der Waals surface area contributed by atoms with Crippen LogP contribution >= 0.6 is 0 Å². The minimum absolute atomic E-state index is 0.0622. The predicted octanol–water partition coefficient (Wildman–Crippen LogP) is -0.406. The highest BCUT2D eigenvalue weighted by Crippen LogP contribution is 2.18. The van der Waals surface area contributed by atoms with Crippen molar-refractivity contribution in [1.82, 2.24) is 25.0 Å². The van der Waals surface area contributed by atoms with E-state index in [2.05, 4.69) is 20.7 Å². The van der Waals surface area contributed by atoms with E-state index in [1.54, 1.807) is 18.2 Å². The molecule has 2 atom stereocenters. The lowest BCUT2D eigenvalue weighted by Gasteiger charge is -2.21. The Bertz CT molecular complexity index is 848. The number of benzene rings is 1. The lowest BCUT2D eigenvalue weighted by molar-refractivity contribution is 0.0926. The fourth-order valence-corrected chi connectivity index (χ4v) is 3.74. The molecule has 1 fully saturated rings. The number of aromatic amines is 1. The standard InChI is InChI=1S/C14H19N5O4S/c1-19(2)24(21,22)8-10-6-23-7-13(10)15-14(20)9-3-4-11-12(5-9)17-18-16-11/h3-5,10,13H,6-8H2,1-2H3,(H,15,20)(H,16,17,18)/t10-,13+/m0/s1. The highest BCUT2D eigenvalue weighted by atomic mass is 32.2. The first-order valence-corrected chi connectivity index (χ1v) is 9.07. The van der Waals surface area contributed by atoms with Crippen LogP contribution in [0.5, 0.6) is 0 Å². The van der Waals surface area contributed by atoms with E-state index in [0.29, 0.717) is 29.8 Å². The summed E-state index contributed by atoms with van der Waals surface area (Å²) in [5.74, 6) is -0.632. The van der Waals surface area contributed by atoms with Crippen LogP contribution in [0.4, 0.5) is 0 Å². The van der Waals surface area contributed by atoms with E-state index in [1.165, 1.54) is 18.4 Å². The molecule has 1 aliphatic heterocycles. The van der Waals surface area contributed by atoms with E-state index < -0.39 is 10.0 Å². The molecule has 0 bridgehead atoms. The molecule has 9 nitrogen and oxygen atoms in total. The summed E-state index contributed by atoms with van der Waals surface area (Å²) in [5, 5.41) is 13.2. The number of aromatic nitrogens is 3. The molecular formula is C14H19N5O4S. The van der Waals surface area contributed by atoms with Gasteiger partial charge in [0.05, 0.1) is 25.0 Å². The summed E-state index contributed by atoms with van der Waals surface area (Å²) >= 11 is 0. The second kappa shape index (κ2) is 6.46. The van der Waals surface area contributed by atoms with E-state index in [0.717, 1.165) is 0 Å². The monoisotopic (exact) mass is 353 g/mol.